The third-order valence-corrected chi connectivity index (χ3v) is 2.08. The summed E-state index contributed by atoms with van der Waals surface area (Å²) in [6.45, 7) is 3.63. The fourth-order valence-corrected chi connectivity index (χ4v) is 1.31. The number of esters is 1. The van der Waals surface area contributed by atoms with Crippen LogP contribution >= 0.6 is 0 Å². The van der Waals surface area contributed by atoms with Crippen LogP contribution in [0.25, 0.3) is 0 Å². The van der Waals surface area contributed by atoms with Crippen LogP contribution in [-0.2, 0) is 4.74 Å². The van der Waals surface area contributed by atoms with E-state index in [1.807, 2.05) is 13.8 Å². The second kappa shape index (κ2) is 3.44. The third kappa shape index (κ3) is 1.78. The lowest BCUT2D eigenvalue weighted by molar-refractivity contribution is 0.0369. The van der Waals surface area contributed by atoms with Crippen molar-refractivity contribution in [2.75, 3.05) is 0 Å². The average molecular weight is 195 g/mol. The van der Waals surface area contributed by atoms with Gasteiger partial charge in [-0.1, -0.05) is 0 Å². The Labute approximate surface area is 82.3 Å². The standard InChI is InChI=1S/C10H13NO3/c1-6(2)14-10(12)8-9(7-3-4-7)13-5-11-8/h5-7H,3-4H2,1-2H3. The molecule has 1 aliphatic carbocycles. The summed E-state index contributed by atoms with van der Waals surface area (Å²) in [6, 6.07) is 0. The molecule has 0 amide bonds. The van der Waals surface area contributed by atoms with Crippen molar-refractivity contribution in [3.63, 3.8) is 0 Å². The zero-order chi connectivity index (χ0) is 10.1. The van der Waals surface area contributed by atoms with Crippen molar-refractivity contribution in [2.45, 2.75) is 38.7 Å². The minimum atomic E-state index is -0.379. The number of carbonyl (C=O) groups is 1. The van der Waals surface area contributed by atoms with E-state index in [0.29, 0.717) is 17.4 Å². The lowest BCUT2D eigenvalue weighted by Gasteiger charge is -2.06. The highest BCUT2D eigenvalue weighted by Crippen LogP contribution is 2.41. The van der Waals surface area contributed by atoms with Gasteiger partial charge in [-0.2, -0.15) is 0 Å². The van der Waals surface area contributed by atoms with Crippen LogP contribution in [0.5, 0.6) is 0 Å². The fraction of sp³-hybridized carbons (Fsp3) is 0.600. The molecule has 1 heterocycles. The van der Waals surface area contributed by atoms with Crippen molar-refractivity contribution in [3.8, 4) is 0 Å². The molecule has 1 aromatic rings. The van der Waals surface area contributed by atoms with Crippen molar-refractivity contribution in [3.05, 3.63) is 17.8 Å². The summed E-state index contributed by atoms with van der Waals surface area (Å²) < 4.78 is 10.2. The molecule has 1 fully saturated rings. The van der Waals surface area contributed by atoms with Crippen LogP contribution in [0.15, 0.2) is 10.8 Å². The predicted molar refractivity (Wildman–Crippen MR) is 49.0 cm³/mol. The van der Waals surface area contributed by atoms with E-state index < -0.39 is 0 Å². The first kappa shape index (κ1) is 9.24. The zero-order valence-corrected chi connectivity index (χ0v) is 8.32. The first-order chi connectivity index (χ1) is 6.68. The van der Waals surface area contributed by atoms with Gasteiger partial charge in [-0.05, 0) is 26.7 Å². The van der Waals surface area contributed by atoms with Gasteiger partial charge in [0, 0.05) is 5.92 Å². The number of carbonyl (C=O) groups excluding carboxylic acids is 1. The molecule has 0 unspecified atom stereocenters. The van der Waals surface area contributed by atoms with Crippen molar-refractivity contribution in [1.29, 1.82) is 0 Å². The summed E-state index contributed by atoms with van der Waals surface area (Å²) >= 11 is 0. The molecule has 0 bridgehead atoms. The maximum Gasteiger partial charge on any atom is 0.360 e. The van der Waals surface area contributed by atoms with Crippen LogP contribution in [-0.4, -0.2) is 17.1 Å². The number of aromatic nitrogens is 1. The zero-order valence-electron chi connectivity index (χ0n) is 8.32. The van der Waals surface area contributed by atoms with E-state index in [2.05, 4.69) is 4.98 Å². The van der Waals surface area contributed by atoms with Crippen LogP contribution in [0.2, 0.25) is 0 Å². The quantitative estimate of drug-likeness (QED) is 0.693. The maximum absolute atomic E-state index is 11.5. The first-order valence-corrected chi connectivity index (χ1v) is 4.83. The summed E-state index contributed by atoms with van der Waals surface area (Å²) in [6.07, 6.45) is 3.35. The fourth-order valence-electron chi connectivity index (χ4n) is 1.31. The Hall–Kier alpha value is -1.32. The van der Waals surface area contributed by atoms with Gasteiger partial charge < -0.3 is 9.15 Å². The SMILES string of the molecule is CC(C)OC(=O)c1ncoc1C1CC1. The lowest BCUT2D eigenvalue weighted by atomic mass is 10.2. The van der Waals surface area contributed by atoms with E-state index in [-0.39, 0.29) is 12.1 Å². The second-order valence-corrected chi connectivity index (χ2v) is 3.79. The van der Waals surface area contributed by atoms with Crippen molar-refractivity contribution in [2.24, 2.45) is 0 Å². The molecule has 0 spiro atoms. The lowest BCUT2D eigenvalue weighted by Crippen LogP contribution is -2.13. The van der Waals surface area contributed by atoms with Gasteiger partial charge in [0.15, 0.2) is 12.1 Å². The van der Waals surface area contributed by atoms with Crippen LogP contribution < -0.4 is 0 Å². The number of oxazole rings is 1. The molecular weight excluding hydrogens is 182 g/mol. The highest BCUT2D eigenvalue weighted by molar-refractivity contribution is 5.88. The highest BCUT2D eigenvalue weighted by Gasteiger charge is 2.33. The van der Waals surface area contributed by atoms with E-state index >= 15 is 0 Å². The van der Waals surface area contributed by atoms with Gasteiger partial charge in [0.1, 0.15) is 5.76 Å². The van der Waals surface area contributed by atoms with Gasteiger partial charge in [0.25, 0.3) is 0 Å². The highest BCUT2D eigenvalue weighted by atomic mass is 16.5. The van der Waals surface area contributed by atoms with E-state index in [0.717, 1.165) is 12.8 Å². The van der Waals surface area contributed by atoms with Crippen LogP contribution in [0.4, 0.5) is 0 Å². The Morgan fingerprint density at radius 1 is 1.64 bits per heavy atom. The molecule has 14 heavy (non-hydrogen) atoms. The smallest absolute Gasteiger partial charge is 0.360 e. The number of hydrogen-bond acceptors (Lipinski definition) is 4. The van der Waals surface area contributed by atoms with Gasteiger partial charge in [-0.3, -0.25) is 0 Å². The maximum atomic E-state index is 11.5. The largest absolute Gasteiger partial charge is 0.458 e. The van der Waals surface area contributed by atoms with Crippen molar-refractivity contribution in [1.82, 2.24) is 4.98 Å². The van der Waals surface area contributed by atoms with Gasteiger partial charge in [-0.15, -0.1) is 0 Å². The summed E-state index contributed by atoms with van der Waals surface area (Å²) in [5.74, 6) is 0.693. The molecule has 0 radical (unpaired) electrons. The van der Waals surface area contributed by atoms with E-state index in [4.69, 9.17) is 9.15 Å². The Kier molecular flexibility index (Phi) is 2.27. The first-order valence-electron chi connectivity index (χ1n) is 4.83. The number of nitrogens with zero attached hydrogens (tertiary/aromatic N) is 1. The number of rotatable bonds is 3. The van der Waals surface area contributed by atoms with E-state index in [1.54, 1.807) is 0 Å². The molecule has 0 atom stereocenters. The molecule has 0 aliphatic heterocycles. The second-order valence-electron chi connectivity index (χ2n) is 3.79. The normalized spacial score (nSPS) is 15.9. The number of ether oxygens (including phenoxy) is 1. The van der Waals surface area contributed by atoms with Crippen molar-refractivity contribution < 1.29 is 13.9 Å². The minimum Gasteiger partial charge on any atom is -0.458 e. The molecule has 0 saturated heterocycles. The van der Waals surface area contributed by atoms with Gasteiger partial charge in [0.2, 0.25) is 0 Å². The van der Waals surface area contributed by atoms with Gasteiger partial charge in [0.05, 0.1) is 6.10 Å². The Balaban J connectivity index is 2.14. The molecule has 1 aromatic heterocycles. The van der Waals surface area contributed by atoms with Crippen LogP contribution in [0.3, 0.4) is 0 Å². The molecule has 76 valence electrons. The minimum absolute atomic E-state index is 0.119. The molecule has 4 nitrogen and oxygen atoms in total. The predicted octanol–water partition coefficient (Wildman–Crippen LogP) is 2.12. The molecule has 0 aromatic carbocycles. The third-order valence-electron chi connectivity index (χ3n) is 2.08. The molecule has 4 heteroatoms. The Morgan fingerprint density at radius 2 is 2.36 bits per heavy atom. The topological polar surface area (TPSA) is 52.3 Å². The monoisotopic (exact) mass is 195 g/mol. The molecule has 1 saturated carbocycles. The molecule has 1 aliphatic rings. The van der Waals surface area contributed by atoms with Crippen LogP contribution in [0.1, 0.15) is 48.9 Å². The molecular formula is C10H13NO3. The summed E-state index contributed by atoms with van der Waals surface area (Å²) in [7, 11) is 0. The Morgan fingerprint density at radius 3 is 2.93 bits per heavy atom. The van der Waals surface area contributed by atoms with E-state index in [1.165, 1.54) is 6.39 Å². The van der Waals surface area contributed by atoms with Crippen LogP contribution in [0, 0.1) is 0 Å². The van der Waals surface area contributed by atoms with Crippen molar-refractivity contribution >= 4 is 5.97 Å². The van der Waals surface area contributed by atoms with Gasteiger partial charge >= 0.3 is 5.97 Å². The summed E-state index contributed by atoms with van der Waals surface area (Å²) in [5, 5.41) is 0. The molecule has 2 rings (SSSR count). The summed E-state index contributed by atoms with van der Waals surface area (Å²) in [5.41, 5.74) is 0.348. The van der Waals surface area contributed by atoms with E-state index in [9.17, 15) is 4.79 Å². The molecule has 0 N–H and O–H groups in total. The van der Waals surface area contributed by atoms with Gasteiger partial charge in [-0.25, -0.2) is 9.78 Å². The number of hydrogen-bond donors (Lipinski definition) is 0. The Bertz CT molecular complexity index is 339. The average Bonchev–Trinajstić information content (AvgIpc) is 2.82. The summed E-state index contributed by atoms with van der Waals surface area (Å²) in [4.78, 5) is 15.4.